The fraction of sp³-hybridized carbons (Fsp3) is 0.133. The molecule has 4 N–H and O–H groups in total. The normalized spacial score (nSPS) is 10.3. The number of phenolic OH excluding ortho intramolecular Hbond substituents is 1. The molecule has 6 nitrogen and oxygen atoms in total. The molecule has 21 heavy (non-hydrogen) atoms. The molecule has 0 atom stereocenters. The highest BCUT2D eigenvalue weighted by Gasteiger charge is 2.22. The largest absolute Gasteiger partial charge is 0.508 e. The molecule has 0 radical (unpaired) electrons. The van der Waals surface area contributed by atoms with Gasteiger partial charge in [-0.2, -0.15) is 0 Å². The number of pyridine rings is 1. The van der Waals surface area contributed by atoms with E-state index in [1.807, 2.05) is 0 Å². The minimum Gasteiger partial charge on any atom is -0.508 e. The van der Waals surface area contributed by atoms with Crippen LogP contribution >= 0.6 is 0 Å². The molecule has 6 heteroatoms. The smallest absolute Gasteiger partial charge is 0.336 e. The summed E-state index contributed by atoms with van der Waals surface area (Å²) < 4.78 is 0. The van der Waals surface area contributed by atoms with E-state index in [4.69, 9.17) is 5.73 Å². The molecule has 0 saturated carbocycles. The summed E-state index contributed by atoms with van der Waals surface area (Å²) in [5.41, 5.74) is 6.32. The van der Waals surface area contributed by atoms with Crippen LogP contribution < -0.4 is 5.73 Å². The number of carboxylic acids is 1. The first-order chi connectivity index (χ1) is 9.91. The van der Waals surface area contributed by atoms with Gasteiger partial charge in [0.15, 0.2) is 5.78 Å². The van der Waals surface area contributed by atoms with Crippen LogP contribution in [-0.2, 0) is 6.42 Å². The van der Waals surface area contributed by atoms with E-state index in [0.717, 1.165) is 6.20 Å². The van der Waals surface area contributed by atoms with Crippen molar-refractivity contribution in [1.82, 2.24) is 4.98 Å². The number of hydrogen-bond donors (Lipinski definition) is 3. The van der Waals surface area contributed by atoms with Crippen LogP contribution in [-0.4, -0.2) is 26.9 Å². The third-order valence-electron chi connectivity index (χ3n) is 3.17. The number of carbonyl (C=O) groups is 2. The number of rotatable bonds is 4. The zero-order valence-corrected chi connectivity index (χ0v) is 11.3. The number of Topliss-reactive ketones (excluding diaryl/α,β-unsaturated/α-hetero) is 1. The first-order valence-corrected chi connectivity index (χ1v) is 6.20. The second kappa shape index (κ2) is 5.62. The predicted octanol–water partition coefficient (Wildman–Crippen LogP) is 1.86. The van der Waals surface area contributed by atoms with Gasteiger partial charge in [-0.3, -0.25) is 4.79 Å². The van der Waals surface area contributed by atoms with Crippen LogP contribution in [0.15, 0.2) is 30.5 Å². The van der Waals surface area contributed by atoms with Gasteiger partial charge < -0.3 is 15.9 Å². The van der Waals surface area contributed by atoms with Gasteiger partial charge in [0.1, 0.15) is 11.6 Å². The summed E-state index contributed by atoms with van der Waals surface area (Å²) in [6.45, 7) is 1.27. The van der Waals surface area contributed by atoms with Crippen LogP contribution in [0.25, 0.3) is 0 Å². The number of benzene rings is 1. The van der Waals surface area contributed by atoms with Gasteiger partial charge in [0.25, 0.3) is 0 Å². The van der Waals surface area contributed by atoms with Gasteiger partial charge in [0.05, 0.1) is 11.1 Å². The van der Waals surface area contributed by atoms with E-state index < -0.39 is 11.8 Å². The van der Waals surface area contributed by atoms with Crippen LogP contribution in [0.3, 0.4) is 0 Å². The molecular weight excluding hydrogens is 272 g/mol. The van der Waals surface area contributed by atoms with Crippen LogP contribution in [0.1, 0.15) is 38.8 Å². The molecule has 0 unspecified atom stereocenters. The number of nitrogens with two attached hydrogens (primary N) is 1. The van der Waals surface area contributed by atoms with Crippen molar-refractivity contribution in [3.63, 3.8) is 0 Å². The first-order valence-electron chi connectivity index (χ1n) is 6.20. The molecule has 0 amide bonds. The third-order valence-corrected chi connectivity index (χ3v) is 3.17. The van der Waals surface area contributed by atoms with E-state index in [0.29, 0.717) is 5.56 Å². The highest BCUT2D eigenvalue weighted by Crippen LogP contribution is 2.26. The van der Waals surface area contributed by atoms with E-state index in [1.54, 1.807) is 18.2 Å². The van der Waals surface area contributed by atoms with Crippen LogP contribution in [0.4, 0.5) is 5.82 Å². The monoisotopic (exact) mass is 286 g/mol. The molecule has 1 aromatic carbocycles. The lowest BCUT2D eigenvalue weighted by Gasteiger charge is -2.12. The van der Waals surface area contributed by atoms with Gasteiger partial charge >= 0.3 is 5.97 Å². The molecule has 108 valence electrons. The summed E-state index contributed by atoms with van der Waals surface area (Å²) in [6.07, 6.45) is 1.24. The van der Waals surface area contributed by atoms with E-state index >= 15 is 0 Å². The van der Waals surface area contributed by atoms with E-state index in [1.165, 1.54) is 13.0 Å². The van der Waals surface area contributed by atoms with Gasteiger partial charge in [-0.05, 0) is 18.6 Å². The number of ketones is 1. The number of nitrogen functional groups attached to an aromatic ring is 1. The van der Waals surface area contributed by atoms with Crippen LogP contribution in [0, 0.1) is 0 Å². The number of anilines is 1. The Morgan fingerprint density at radius 1 is 1.29 bits per heavy atom. The minimum atomic E-state index is -1.25. The maximum Gasteiger partial charge on any atom is 0.336 e. The molecular formula is C15H14N2O4. The summed E-state index contributed by atoms with van der Waals surface area (Å²) >= 11 is 0. The van der Waals surface area contributed by atoms with Gasteiger partial charge in [0, 0.05) is 18.2 Å². The summed E-state index contributed by atoms with van der Waals surface area (Å²) in [6, 6.07) is 6.52. The summed E-state index contributed by atoms with van der Waals surface area (Å²) in [5.74, 6) is -1.60. The zero-order valence-electron chi connectivity index (χ0n) is 11.3. The molecule has 0 saturated heterocycles. The highest BCUT2D eigenvalue weighted by atomic mass is 16.4. The lowest BCUT2D eigenvalue weighted by atomic mass is 9.95. The molecule has 0 aliphatic carbocycles. The standard InChI is InChI=1S/C15H14N2O4/c1-8(18)11-7-17-14(16)10(13(11)15(20)21)6-9-4-2-3-5-12(9)19/h2-5,7,19H,6H2,1H3,(H2,16,17)(H,20,21). The molecule has 2 aromatic rings. The molecule has 0 bridgehead atoms. The second-order valence-corrected chi connectivity index (χ2v) is 4.58. The van der Waals surface area contributed by atoms with Crippen molar-refractivity contribution in [2.24, 2.45) is 0 Å². The van der Waals surface area contributed by atoms with Crippen molar-refractivity contribution in [1.29, 1.82) is 0 Å². The van der Waals surface area contributed by atoms with Crippen molar-refractivity contribution in [3.8, 4) is 5.75 Å². The van der Waals surface area contributed by atoms with Gasteiger partial charge in [-0.15, -0.1) is 0 Å². The average molecular weight is 286 g/mol. The Balaban J connectivity index is 2.62. The fourth-order valence-corrected chi connectivity index (χ4v) is 2.11. The number of aromatic hydroxyl groups is 1. The number of carboxylic acid groups (broad SMARTS) is 1. The first kappa shape index (κ1) is 14.5. The second-order valence-electron chi connectivity index (χ2n) is 4.58. The predicted molar refractivity (Wildman–Crippen MR) is 76.5 cm³/mol. The Labute approximate surface area is 120 Å². The number of phenols is 1. The fourth-order valence-electron chi connectivity index (χ4n) is 2.11. The summed E-state index contributed by atoms with van der Waals surface area (Å²) in [7, 11) is 0. The molecule has 0 spiro atoms. The van der Waals surface area contributed by atoms with Crippen molar-refractivity contribution in [2.45, 2.75) is 13.3 Å². The third kappa shape index (κ3) is 2.84. The average Bonchev–Trinajstić information content (AvgIpc) is 2.42. The number of aromatic nitrogens is 1. The number of aromatic carboxylic acids is 1. The molecule has 0 aliphatic rings. The Kier molecular flexibility index (Phi) is 3.89. The Morgan fingerprint density at radius 3 is 2.52 bits per heavy atom. The summed E-state index contributed by atoms with van der Waals surface area (Å²) in [5, 5.41) is 19.2. The van der Waals surface area contributed by atoms with Crippen molar-refractivity contribution in [2.75, 3.05) is 5.73 Å². The van der Waals surface area contributed by atoms with Crippen LogP contribution in [0.5, 0.6) is 5.75 Å². The maximum absolute atomic E-state index is 11.6. The molecule has 2 rings (SSSR count). The van der Waals surface area contributed by atoms with Gasteiger partial charge in [-0.25, -0.2) is 9.78 Å². The number of carbonyl (C=O) groups excluding carboxylic acids is 1. The molecule has 0 fully saturated rings. The minimum absolute atomic E-state index is 0.00196. The highest BCUT2D eigenvalue weighted by molar-refractivity contribution is 6.06. The maximum atomic E-state index is 11.6. The van der Waals surface area contributed by atoms with E-state index in [9.17, 15) is 19.8 Å². The SMILES string of the molecule is CC(=O)c1cnc(N)c(Cc2ccccc2O)c1C(=O)O. The zero-order chi connectivity index (χ0) is 15.6. The lowest BCUT2D eigenvalue weighted by molar-refractivity contribution is 0.0691. The number of para-hydroxylation sites is 1. The molecule has 0 aliphatic heterocycles. The molecule has 1 heterocycles. The number of nitrogens with zero attached hydrogens (tertiary/aromatic N) is 1. The lowest BCUT2D eigenvalue weighted by Crippen LogP contribution is -2.14. The van der Waals surface area contributed by atoms with Gasteiger partial charge in [0.2, 0.25) is 0 Å². The van der Waals surface area contributed by atoms with Gasteiger partial charge in [-0.1, -0.05) is 18.2 Å². The van der Waals surface area contributed by atoms with Crippen LogP contribution in [0.2, 0.25) is 0 Å². The van der Waals surface area contributed by atoms with Crippen molar-refractivity contribution < 1.29 is 19.8 Å². The number of hydrogen-bond acceptors (Lipinski definition) is 5. The Hall–Kier alpha value is -2.89. The van der Waals surface area contributed by atoms with Crippen molar-refractivity contribution in [3.05, 3.63) is 52.7 Å². The van der Waals surface area contributed by atoms with E-state index in [-0.39, 0.29) is 34.7 Å². The summed E-state index contributed by atoms with van der Waals surface area (Å²) in [4.78, 5) is 26.9. The van der Waals surface area contributed by atoms with Crippen molar-refractivity contribution >= 4 is 17.6 Å². The van der Waals surface area contributed by atoms with E-state index in [2.05, 4.69) is 4.98 Å². The Morgan fingerprint density at radius 2 is 1.95 bits per heavy atom. The molecule has 1 aromatic heterocycles. The Bertz CT molecular complexity index is 726. The topological polar surface area (TPSA) is 114 Å². The quantitative estimate of drug-likeness (QED) is 0.739.